The van der Waals surface area contributed by atoms with Gasteiger partial charge in [-0.15, -0.1) is 0 Å². The van der Waals surface area contributed by atoms with Crippen molar-refractivity contribution in [1.82, 2.24) is 19.4 Å². The summed E-state index contributed by atoms with van der Waals surface area (Å²) in [7, 11) is 0. The Balaban J connectivity index is 1.68. The molecule has 38 heavy (non-hydrogen) atoms. The number of aromatic nitrogens is 3. The molecule has 0 aliphatic carbocycles. The predicted molar refractivity (Wildman–Crippen MR) is 134 cm³/mol. The summed E-state index contributed by atoms with van der Waals surface area (Å²) in [6, 6.07) is 7.52. The standard InChI is InChI=1S/C27H28F3N7O/c1-15(18-5-4-6-19(22(18)28)23(29)30)33-24-20-13-21(27(14-31)7-10-36(11-8-27)17(3)38)26-32-9-12-37(26)25(20)35-16(2)34-24/h4-6,13,15,23,32H,7-12H2,1-3H3/t15-/m1/s1. The monoisotopic (exact) mass is 523 g/mol. The summed E-state index contributed by atoms with van der Waals surface area (Å²) in [6.45, 7) is 7.12. The fourth-order valence-corrected chi connectivity index (χ4v) is 5.47. The van der Waals surface area contributed by atoms with Crippen LogP contribution < -0.4 is 10.8 Å². The Morgan fingerprint density at radius 2 is 1.92 bits per heavy atom. The van der Waals surface area contributed by atoms with Crippen LogP contribution in [0.1, 0.15) is 61.7 Å². The second kappa shape index (κ2) is 9.74. The fourth-order valence-electron chi connectivity index (χ4n) is 5.47. The number of carbonyl (C=O) groups is 1. The third kappa shape index (κ3) is 4.27. The van der Waals surface area contributed by atoms with Gasteiger partial charge in [0.05, 0.1) is 28.7 Å². The number of halogens is 3. The SMILES string of the molecule is CC(=O)N1CCC(C#N)(c2cc3c(=N[C@H](C)c4cccc(C(F)F)c4F)nc(C)nc-3n3c2NCC3)CC1. The minimum atomic E-state index is -2.94. The van der Waals surface area contributed by atoms with E-state index in [1.54, 1.807) is 18.7 Å². The van der Waals surface area contributed by atoms with Gasteiger partial charge in [0.2, 0.25) is 5.91 Å². The lowest BCUT2D eigenvalue weighted by atomic mass is 9.73. The molecule has 8 nitrogen and oxygen atoms in total. The predicted octanol–water partition coefficient (Wildman–Crippen LogP) is 4.26. The van der Waals surface area contributed by atoms with Gasteiger partial charge in [-0.05, 0) is 32.8 Å². The van der Waals surface area contributed by atoms with Gasteiger partial charge in [-0.3, -0.25) is 9.79 Å². The Kier molecular flexibility index (Phi) is 6.59. The van der Waals surface area contributed by atoms with Crippen LogP contribution in [-0.2, 0) is 16.8 Å². The number of anilines is 1. The fraction of sp³-hybridized carbons (Fsp3) is 0.444. The zero-order chi connectivity index (χ0) is 27.2. The Morgan fingerprint density at radius 3 is 2.58 bits per heavy atom. The Hall–Kier alpha value is -3.94. The lowest BCUT2D eigenvalue weighted by molar-refractivity contribution is -0.130. The van der Waals surface area contributed by atoms with Crippen LogP contribution in [0.25, 0.3) is 11.4 Å². The van der Waals surface area contributed by atoms with E-state index in [0.717, 1.165) is 17.4 Å². The first kappa shape index (κ1) is 25.7. The van der Waals surface area contributed by atoms with Gasteiger partial charge < -0.3 is 14.8 Å². The molecule has 1 amide bonds. The van der Waals surface area contributed by atoms with Crippen LogP contribution in [0, 0.1) is 24.1 Å². The smallest absolute Gasteiger partial charge is 0.266 e. The summed E-state index contributed by atoms with van der Waals surface area (Å²) in [4.78, 5) is 27.5. The van der Waals surface area contributed by atoms with Gasteiger partial charge in [0.15, 0.2) is 5.49 Å². The summed E-state index contributed by atoms with van der Waals surface area (Å²) in [6.07, 6.45) is -1.98. The van der Waals surface area contributed by atoms with E-state index >= 15 is 0 Å². The van der Waals surface area contributed by atoms with Crippen LogP contribution >= 0.6 is 0 Å². The Labute approximate surface area is 218 Å². The van der Waals surface area contributed by atoms with Gasteiger partial charge in [-0.2, -0.15) is 5.26 Å². The summed E-state index contributed by atoms with van der Waals surface area (Å²) in [5.74, 6) is 0.903. The van der Waals surface area contributed by atoms with Crippen molar-refractivity contribution < 1.29 is 18.0 Å². The summed E-state index contributed by atoms with van der Waals surface area (Å²) >= 11 is 0. The lowest BCUT2D eigenvalue weighted by Crippen LogP contribution is -2.44. The van der Waals surface area contributed by atoms with Gasteiger partial charge in [0.1, 0.15) is 23.3 Å². The number of pyridine rings is 1. The van der Waals surface area contributed by atoms with Crippen LogP contribution in [0.3, 0.4) is 0 Å². The summed E-state index contributed by atoms with van der Waals surface area (Å²) < 4.78 is 43.5. The molecule has 4 heterocycles. The number of amides is 1. The number of hydrogen-bond acceptors (Lipinski definition) is 6. The number of nitriles is 1. The molecular formula is C27H28F3N7O. The highest BCUT2D eigenvalue weighted by atomic mass is 19.3. The zero-order valence-electron chi connectivity index (χ0n) is 21.4. The van der Waals surface area contributed by atoms with Crippen molar-refractivity contribution in [3.63, 3.8) is 0 Å². The zero-order valence-corrected chi connectivity index (χ0v) is 21.4. The van der Waals surface area contributed by atoms with E-state index in [1.165, 1.54) is 19.1 Å². The van der Waals surface area contributed by atoms with Crippen molar-refractivity contribution >= 4 is 11.7 Å². The molecule has 1 fully saturated rings. The van der Waals surface area contributed by atoms with Crippen molar-refractivity contribution in [1.29, 1.82) is 5.26 Å². The third-order valence-corrected chi connectivity index (χ3v) is 7.57. The minimum absolute atomic E-state index is 0.0186. The summed E-state index contributed by atoms with van der Waals surface area (Å²) in [5.41, 5.74) is 0.241. The van der Waals surface area contributed by atoms with E-state index in [1.807, 2.05) is 10.6 Å². The topological polar surface area (TPSA) is 99.2 Å². The molecule has 5 rings (SSSR count). The molecule has 0 saturated carbocycles. The number of aryl methyl sites for hydroxylation is 1. The van der Waals surface area contributed by atoms with Crippen LogP contribution in [0.4, 0.5) is 19.0 Å². The molecule has 0 spiro atoms. The number of nitrogens with zero attached hydrogens (tertiary/aromatic N) is 6. The van der Waals surface area contributed by atoms with Crippen molar-refractivity contribution in [2.75, 3.05) is 25.0 Å². The van der Waals surface area contributed by atoms with Crippen molar-refractivity contribution in [3.8, 4) is 17.5 Å². The van der Waals surface area contributed by atoms with Crippen LogP contribution in [0.5, 0.6) is 0 Å². The second-order valence-corrected chi connectivity index (χ2v) is 9.87. The Bertz CT molecular complexity index is 1490. The van der Waals surface area contributed by atoms with E-state index in [2.05, 4.69) is 26.3 Å². The lowest BCUT2D eigenvalue weighted by Gasteiger charge is -2.38. The number of alkyl halides is 2. The maximum Gasteiger partial charge on any atom is 0.266 e. The van der Waals surface area contributed by atoms with E-state index in [-0.39, 0.29) is 11.5 Å². The minimum Gasteiger partial charge on any atom is -0.369 e. The molecule has 4 aliphatic heterocycles. The van der Waals surface area contributed by atoms with Gasteiger partial charge >= 0.3 is 0 Å². The van der Waals surface area contributed by atoms with Gasteiger partial charge in [-0.25, -0.2) is 23.1 Å². The van der Waals surface area contributed by atoms with Gasteiger partial charge in [0, 0.05) is 44.2 Å². The van der Waals surface area contributed by atoms with E-state index in [0.29, 0.717) is 61.7 Å². The van der Waals surface area contributed by atoms with Crippen molar-refractivity contribution in [2.45, 2.75) is 58.0 Å². The van der Waals surface area contributed by atoms with Gasteiger partial charge in [0.25, 0.3) is 6.43 Å². The first-order chi connectivity index (χ1) is 18.1. The Morgan fingerprint density at radius 1 is 1.21 bits per heavy atom. The number of benzene rings is 1. The number of fused-ring (bicyclic) bond motifs is 3. The molecule has 1 aromatic rings. The molecule has 198 valence electrons. The maximum atomic E-state index is 14.9. The molecule has 11 heteroatoms. The molecule has 0 bridgehead atoms. The van der Waals surface area contributed by atoms with Crippen molar-refractivity contribution in [3.05, 3.63) is 58.1 Å². The molecule has 0 unspecified atom stereocenters. The quantitative estimate of drug-likeness (QED) is 0.551. The third-order valence-electron chi connectivity index (χ3n) is 7.57. The molecular weight excluding hydrogens is 495 g/mol. The first-order valence-electron chi connectivity index (χ1n) is 12.6. The number of likely N-dealkylation sites (tertiary alicyclic amines) is 1. The number of hydrogen-bond donors (Lipinski definition) is 1. The molecule has 4 aliphatic rings. The number of nitrogens with one attached hydrogen (secondary N) is 1. The average Bonchev–Trinajstić information content (AvgIpc) is 3.38. The molecule has 1 saturated heterocycles. The van der Waals surface area contributed by atoms with Crippen molar-refractivity contribution in [2.24, 2.45) is 4.99 Å². The van der Waals surface area contributed by atoms with E-state index in [9.17, 15) is 23.2 Å². The summed E-state index contributed by atoms with van der Waals surface area (Å²) in [5, 5.41) is 13.8. The highest BCUT2D eigenvalue weighted by molar-refractivity contribution is 5.74. The van der Waals surface area contributed by atoms with Crippen LogP contribution in [0.15, 0.2) is 29.3 Å². The maximum absolute atomic E-state index is 14.9. The largest absolute Gasteiger partial charge is 0.369 e. The number of carbonyl (C=O) groups excluding carboxylic acids is 1. The van der Waals surface area contributed by atoms with E-state index < -0.39 is 29.3 Å². The van der Waals surface area contributed by atoms with Gasteiger partial charge in [-0.1, -0.05) is 18.2 Å². The normalized spacial score (nSPS) is 17.8. The molecule has 1 atom stereocenters. The first-order valence-corrected chi connectivity index (χ1v) is 12.6. The van der Waals surface area contributed by atoms with Crippen LogP contribution in [-0.4, -0.2) is 45.0 Å². The average molecular weight is 524 g/mol. The van der Waals surface area contributed by atoms with E-state index in [4.69, 9.17) is 0 Å². The highest BCUT2D eigenvalue weighted by Crippen LogP contribution is 2.42. The number of piperidine rings is 1. The molecule has 1 N–H and O–H groups in total. The highest BCUT2D eigenvalue weighted by Gasteiger charge is 2.41. The number of rotatable bonds is 4. The molecule has 0 aromatic heterocycles. The molecule has 1 aromatic carbocycles. The second-order valence-electron chi connectivity index (χ2n) is 9.87. The molecule has 0 radical (unpaired) electrons. The van der Waals surface area contributed by atoms with Crippen LogP contribution in [0.2, 0.25) is 0 Å².